The van der Waals surface area contributed by atoms with Crippen molar-refractivity contribution in [3.05, 3.63) is 59.4 Å². The molecule has 1 aromatic heterocycles. The predicted octanol–water partition coefficient (Wildman–Crippen LogP) is 4.45. The van der Waals surface area contributed by atoms with E-state index in [1.165, 1.54) is 13.2 Å². The second-order valence-electron chi connectivity index (χ2n) is 8.52. The largest absolute Gasteiger partial charge is 0.493 e. The Labute approximate surface area is 222 Å². The van der Waals surface area contributed by atoms with Gasteiger partial charge in [0.15, 0.2) is 11.5 Å². The van der Waals surface area contributed by atoms with Gasteiger partial charge in [-0.1, -0.05) is 12.1 Å². The SMILES string of the molecule is CC(F)(F)C(=O)O.COc1cc2c(C(=O)c3cccc(OC(C)C)c3)ncc(C(=O)O)c2cc1OCCCO. The van der Waals surface area contributed by atoms with Crippen molar-refractivity contribution in [3.8, 4) is 17.2 Å². The number of rotatable bonds is 11. The third-order valence-electron chi connectivity index (χ3n) is 5.02. The van der Waals surface area contributed by atoms with Crippen molar-refractivity contribution in [2.24, 2.45) is 0 Å². The van der Waals surface area contributed by atoms with Crippen LogP contribution in [0.3, 0.4) is 0 Å². The minimum absolute atomic E-state index is 0.0432. The molecule has 12 heteroatoms. The molecule has 3 aromatic rings. The number of carbonyl (C=O) groups excluding carboxylic acids is 1. The maximum atomic E-state index is 13.3. The minimum atomic E-state index is -3.58. The van der Waals surface area contributed by atoms with Crippen molar-refractivity contribution < 1.29 is 52.7 Å². The smallest absolute Gasteiger partial charge is 0.374 e. The van der Waals surface area contributed by atoms with E-state index >= 15 is 0 Å². The molecule has 0 spiro atoms. The van der Waals surface area contributed by atoms with Crippen LogP contribution in [0.25, 0.3) is 10.8 Å². The minimum Gasteiger partial charge on any atom is -0.493 e. The Hall–Kier alpha value is -4.32. The summed E-state index contributed by atoms with van der Waals surface area (Å²) >= 11 is 0. The number of aliphatic carboxylic acids is 1. The molecule has 0 radical (unpaired) electrons. The molecule has 39 heavy (non-hydrogen) atoms. The number of ketones is 1. The number of carboxylic acids is 2. The van der Waals surface area contributed by atoms with Gasteiger partial charge in [0.2, 0.25) is 5.78 Å². The number of aromatic nitrogens is 1. The van der Waals surface area contributed by atoms with Crippen LogP contribution in [0.15, 0.2) is 42.6 Å². The van der Waals surface area contributed by atoms with E-state index in [4.69, 9.17) is 24.4 Å². The Bertz CT molecular complexity index is 1340. The van der Waals surface area contributed by atoms with Crippen LogP contribution in [0, 0.1) is 0 Å². The summed E-state index contributed by atoms with van der Waals surface area (Å²) in [7, 11) is 1.45. The van der Waals surface area contributed by atoms with Crippen LogP contribution in [0.1, 0.15) is 53.6 Å². The predicted molar refractivity (Wildman–Crippen MR) is 136 cm³/mol. The monoisotopic (exact) mass is 549 g/mol. The fraction of sp³-hybridized carbons (Fsp3) is 0.333. The lowest BCUT2D eigenvalue weighted by atomic mass is 9.99. The topological polar surface area (TPSA) is 152 Å². The number of aromatic carboxylic acids is 1. The Morgan fingerprint density at radius 3 is 2.23 bits per heavy atom. The Morgan fingerprint density at radius 2 is 1.69 bits per heavy atom. The molecule has 0 aliphatic heterocycles. The number of nitrogens with zero attached hydrogens (tertiary/aromatic N) is 1. The van der Waals surface area contributed by atoms with Crippen molar-refractivity contribution in [2.75, 3.05) is 20.3 Å². The summed E-state index contributed by atoms with van der Waals surface area (Å²) in [5.41, 5.74) is 0.386. The number of hydrogen-bond acceptors (Lipinski definition) is 8. The molecule has 3 rings (SSSR count). The van der Waals surface area contributed by atoms with Gasteiger partial charge in [-0.2, -0.15) is 8.78 Å². The van der Waals surface area contributed by atoms with Crippen LogP contribution in [-0.4, -0.2) is 70.4 Å². The summed E-state index contributed by atoms with van der Waals surface area (Å²) in [5.74, 6) is -6.04. The maximum Gasteiger partial charge on any atom is 0.374 e. The molecule has 1 heterocycles. The summed E-state index contributed by atoms with van der Waals surface area (Å²) in [6.07, 6.45) is 1.51. The first-order valence-electron chi connectivity index (χ1n) is 11.7. The van der Waals surface area contributed by atoms with E-state index in [2.05, 4.69) is 4.98 Å². The summed E-state index contributed by atoms with van der Waals surface area (Å²) in [5, 5.41) is 26.8. The first-order valence-corrected chi connectivity index (χ1v) is 11.7. The molecule has 0 saturated carbocycles. The number of hydrogen-bond donors (Lipinski definition) is 3. The van der Waals surface area contributed by atoms with Crippen molar-refractivity contribution in [3.63, 3.8) is 0 Å². The molecule has 0 fully saturated rings. The molecule has 3 N–H and O–H groups in total. The van der Waals surface area contributed by atoms with Gasteiger partial charge in [0.1, 0.15) is 11.4 Å². The fourth-order valence-electron chi connectivity index (χ4n) is 3.24. The molecule has 0 aliphatic carbocycles. The normalized spacial score (nSPS) is 11.0. The van der Waals surface area contributed by atoms with Gasteiger partial charge >= 0.3 is 17.9 Å². The van der Waals surface area contributed by atoms with Gasteiger partial charge in [-0.25, -0.2) is 9.59 Å². The van der Waals surface area contributed by atoms with Gasteiger partial charge in [0, 0.05) is 42.5 Å². The van der Waals surface area contributed by atoms with Gasteiger partial charge in [-0.05, 0) is 38.1 Å². The van der Waals surface area contributed by atoms with Crippen LogP contribution in [0.4, 0.5) is 8.78 Å². The first kappa shape index (κ1) is 30.9. The zero-order valence-corrected chi connectivity index (χ0v) is 21.7. The van der Waals surface area contributed by atoms with Gasteiger partial charge in [0.05, 0.1) is 25.4 Å². The Morgan fingerprint density at radius 1 is 1.05 bits per heavy atom. The fourth-order valence-corrected chi connectivity index (χ4v) is 3.24. The molecular formula is C27H29F2NO9. The van der Waals surface area contributed by atoms with Gasteiger partial charge in [-0.3, -0.25) is 9.78 Å². The summed E-state index contributed by atoms with van der Waals surface area (Å²) in [6, 6.07) is 9.82. The number of carboxylic acid groups (broad SMARTS) is 2. The lowest BCUT2D eigenvalue weighted by Crippen LogP contribution is -2.22. The standard InChI is InChI=1S/C24H25NO7.C3H4F2O2/c1-14(2)32-16-7-4-6-15(10-16)23(27)22-18-12-20(30-3)21(31-9-5-8-26)11-17(18)19(13-25-22)24(28)29;1-3(4,5)2(6)7/h4,6-7,10-14,26H,5,8-9H2,1-3H3,(H,28,29);1H3,(H,6,7). The van der Waals surface area contributed by atoms with E-state index in [0.29, 0.717) is 46.9 Å². The van der Waals surface area contributed by atoms with Crippen molar-refractivity contribution in [1.29, 1.82) is 0 Å². The van der Waals surface area contributed by atoms with Gasteiger partial charge in [0.25, 0.3) is 0 Å². The number of pyridine rings is 1. The van der Waals surface area contributed by atoms with Crippen molar-refractivity contribution >= 4 is 28.5 Å². The highest BCUT2D eigenvalue weighted by Crippen LogP contribution is 2.36. The molecule has 0 atom stereocenters. The van der Waals surface area contributed by atoms with E-state index in [-0.39, 0.29) is 36.4 Å². The number of ether oxygens (including phenoxy) is 3. The molecule has 0 bridgehead atoms. The van der Waals surface area contributed by atoms with Crippen molar-refractivity contribution in [2.45, 2.75) is 39.2 Å². The summed E-state index contributed by atoms with van der Waals surface area (Å²) in [4.78, 5) is 38.5. The first-order chi connectivity index (χ1) is 18.3. The number of carbonyl (C=O) groups is 3. The number of halogens is 2. The number of aliphatic hydroxyl groups is 1. The van der Waals surface area contributed by atoms with Gasteiger partial charge in [-0.15, -0.1) is 0 Å². The van der Waals surface area contributed by atoms with E-state index < -0.39 is 17.9 Å². The third kappa shape index (κ3) is 8.34. The average molecular weight is 550 g/mol. The maximum absolute atomic E-state index is 13.3. The average Bonchev–Trinajstić information content (AvgIpc) is 2.86. The van der Waals surface area contributed by atoms with Crippen LogP contribution in [-0.2, 0) is 4.79 Å². The van der Waals surface area contributed by atoms with Crippen molar-refractivity contribution in [1.82, 2.24) is 4.98 Å². The number of fused-ring (bicyclic) bond motifs is 1. The molecule has 0 saturated heterocycles. The number of methoxy groups -OCH3 is 1. The zero-order chi connectivity index (χ0) is 29.3. The number of aliphatic hydroxyl groups excluding tert-OH is 1. The van der Waals surface area contributed by atoms with E-state index in [9.17, 15) is 28.3 Å². The Kier molecular flexibility index (Phi) is 10.7. The molecule has 10 nitrogen and oxygen atoms in total. The van der Waals surface area contributed by atoms with Crippen LogP contribution < -0.4 is 14.2 Å². The molecule has 0 amide bonds. The van der Waals surface area contributed by atoms with Crippen LogP contribution >= 0.6 is 0 Å². The summed E-state index contributed by atoms with van der Waals surface area (Å²) in [6.45, 7) is 4.29. The highest BCUT2D eigenvalue weighted by molar-refractivity contribution is 6.18. The summed E-state index contributed by atoms with van der Waals surface area (Å²) < 4.78 is 39.2. The lowest BCUT2D eigenvalue weighted by molar-refractivity contribution is -0.161. The third-order valence-corrected chi connectivity index (χ3v) is 5.02. The van der Waals surface area contributed by atoms with E-state index in [1.807, 2.05) is 13.8 Å². The highest BCUT2D eigenvalue weighted by Gasteiger charge is 2.31. The van der Waals surface area contributed by atoms with Gasteiger partial charge < -0.3 is 29.5 Å². The lowest BCUT2D eigenvalue weighted by Gasteiger charge is -2.15. The quantitative estimate of drug-likeness (QED) is 0.231. The van der Waals surface area contributed by atoms with Crippen LogP contribution in [0.2, 0.25) is 0 Å². The molecule has 0 aliphatic rings. The zero-order valence-electron chi connectivity index (χ0n) is 21.7. The second-order valence-corrected chi connectivity index (χ2v) is 8.52. The van der Waals surface area contributed by atoms with E-state index in [0.717, 1.165) is 6.20 Å². The molecule has 0 unspecified atom stereocenters. The molecular weight excluding hydrogens is 520 g/mol. The second kappa shape index (κ2) is 13.5. The Balaban J connectivity index is 0.000000673. The number of benzene rings is 2. The number of alkyl halides is 2. The molecule has 210 valence electrons. The highest BCUT2D eigenvalue weighted by atomic mass is 19.3. The van der Waals surface area contributed by atoms with Crippen LogP contribution in [0.5, 0.6) is 17.2 Å². The molecule has 2 aromatic carbocycles. The van der Waals surface area contributed by atoms with E-state index in [1.54, 1.807) is 30.3 Å².